The minimum Gasteiger partial charge on any atom is -0.466 e. The maximum absolute atomic E-state index is 11.9. The van der Waals surface area contributed by atoms with E-state index >= 15 is 0 Å². The lowest BCUT2D eigenvalue weighted by Gasteiger charge is -2.11. The number of benzene rings is 1. The maximum atomic E-state index is 11.9. The number of ether oxygens (including phenoxy) is 1. The first-order chi connectivity index (χ1) is 10.9. The summed E-state index contributed by atoms with van der Waals surface area (Å²) in [5.41, 5.74) is 1.11. The van der Waals surface area contributed by atoms with Gasteiger partial charge in [-0.2, -0.15) is 0 Å². The third kappa shape index (κ3) is 8.35. The van der Waals surface area contributed by atoms with Gasteiger partial charge in [-0.15, -0.1) is 0 Å². The number of ketones is 1. The molecule has 0 saturated heterocycles. The molecule has 126 valence electrons. The van der Waals surface area contributed by atoms with Crippen LogP contribution in [0.3, 0.4) is 0 Å². The van der Waals surface area contributed by atoms with Gasteiger partial charge in [0.05, 0.1) is 13.2 Å². The van der Waals surface area contributed by atoms with Crippen LogP contribution in [-0.4, -0.2) is 30.8 Å². The van der Waals surface area contributed by atoms with Crippen LogP contribution in [-0.2, 0) is 25.5 Å². The van der Waals surface area contributed by atoms with Crippen LogP contribution in [0.15, 0.2) is 24.3 Å². The largest absolute Gasteiger partial charge is 0.466 e. The molecule has 0 bridgehead atoms. The van der Waals surface area contributed by atoms with Crippen molar-refractivity contribution in [2.45, 2.75) is 33.1 Å². The fourth-order valence-electron chi connectivity index (χ4n) is 2.16. The standard InChI is InChI=1S/C17H22ClNO4/c1-3-23-17(22)10-16(21)19-11-15(20)9-12(2)8-13-4-6-14(18)7-5-13/h4-7,12H,3,8-11H2,1-2H3,(H,19,21)/t12-/m0/s1. The van der Waals surface area contributed by atoms with E-state index in [0.717, 1.165) is 12.0 Å². The summed E-state index contributed by atoms with van der Waals surface area (Å²) in [5, 5.41) is 3.12. The molecule has 0 aliphatic carbocycles. The van der Waals surface area contributed by atoms with Crippen LogP contribution in [0, 0.1) is 5.92 Å². The van der Waals surface area contributed by atoms with E-state index in [9.17, 15) is 14.4 Å². The molecule has 1 N–H and O–H groups in total. The van der Waals surface area contributed by atoms with Crippen molar-refractivity contribution in [3.05, 3.63) is 34.9 Å². The summed E-state index contributed by atoms with van der Waals surface area (Å²) in [4.78, 5) is 34.5. The summed E-state index contributed by atoms with van der Waals surface area (Å²) in [5.74, 6) is -0.995. The second kappa shape index (κ2) is 10.0. The number of nitrogens with one attached hydrogen (secondary N) is 1. The molecule has 0 heterocycles. The van der Waals surface area contributed by atoms with E-state index in [1.807, 2.05) is 31.2 Å². The molecule has 0 saturated carbocycles. The average molecular weight is 340 g/mol. The highest BCUT2D eigenvalue weighted by Crippen LogP contribution is 2.15. The molecule has 1 amide bonds. The third-order valence-electron chi connectivity index (χ3n) is 3.17. The smallest absolute Gasteiger partial charge is 0.315 e. The second-order valence-electron chi connectivity index (χ2n) is 5.44. The number of amides is 1. The predicted octanol–water partition coefficient (Wildman–Crippen LogP) is 2.55. The molecule has 0 unspecified atom stereocenters. The van der Waals surface area contributed by atoms with Gasteiger partial charge in [0.25, 0.3) is 0 Å². The lowest BCUT2D eigenvalue weighted by atomic mass is 9.96. The Morgan fingerprint density at radius 3 is 2.48 bits per heavy atom. The van der Waals surface area contributed by atoms with Crippen LogP contribution >= 0.6 is 11.6 Å². The van der Waals surface area contributed by atoms with Gasteiger partial charge in [0.1, 0.15) is 6.42 Å². The van der Waals surface area contributed by atoms with Crippen molar-refractivity contribution in [2.24, 2.45) is 5.92 Å². The summed E-state index contributed by atoms with van der Waals surface area (Å²) < 4.78 is 4.66. The Kier molecular flexibility index (Phi) is 8.33. The molecule has 23 heavy (non-hydrogen) atoms. The van der Waals surface area contributed by atoms with E-state index in [0.29, 0.717) is 11.4 Å². The van der Waals surface area contributed by atoms with E-state index < -0.39 is 11.9 Å². The van der Waals surface area contributed by atoms with E-state index in [4.69, 9.17) is 11.6 Å². The lowest BCUT2D eigenvalue weighted by Crippen LogP contribution is -2.32. The van der Waals surface area contributed by atoms with Crippen molar-refractivity contribution in [1.29, 1.82) is 0 Å². The second-order valence-corrected chi connectivity index (χ2v) is 5.87. The highest BCUT2D eigenvalue weighted by molar-refractivity contribution is 6.30. The number of carbonyl (C=O) groups excluding carboxylic acids is 3. The Balaban J connectivity index is 2.28. The van der Waals surface area contributed by atoms with Crippen molar-refractivity contribution < 1.29 is 19.1 Å². The first-order valence-electron chi connectivity index (χ1n) is 7.59. The quantitative estimate of drug-likeness (QED) is 0.554. The minimum absolute atomic E-state index is 0.0660. The Morgan fingerprint density at radius 2 is 1.87 bits per heavy atom. The number of halogens is 1. The molecule has 6 heteroatoms. The van der Waals surface area contributed by atoms with Crippen LogP contribution in [0.5, 0.6) is 0 Å². The number of hydrogen-bond acceptors (Lipinski definition) is 4. The van der Waals surface area contributed by atoms with Gasteiger partial charge in [0, 0.05) is 11.4 Å². The molecule has 1 aromatic carbocycles. The SMILES string of the molecule is CCOC(=O)CC(=O)NCC(=O)C[C@@H](C)Cc1ccc(Cl)cc1. The topological polar surface area (TPSA) is 72.5 Å². The van der Waals surface area contributed by atoms with E-state index in [1.165, 1.54) is 0 Å². The maximum Gasteiger partial charge on any atom is 0.315 e. The summed E-state index contributed by atoms with van der Waals surface area (Å²) >= 11 is 5.83. The fourth-order valence-corrected chi connectivity index (χ4v) is 2.28. The molecular formula is C17H22ClNO4. The number of hydrogen-bond donors (Lipinski definition) is 1. The monoisotopic (exact) mass is 339 g/mol. The van der Waals surface area contributed by atoms with Crippen molar-refractivity contribution >= 4 is 29.3 Å². The molecule has 1 rings (SSSR count). The highest BCUT2D eigenvalue weighted by atomic mass is 35.5. The zero-order valence-corrected chi connectivity index (χ0v) is 14.2. The molecule has 0 aliphatic heterocycles. The van der Waals surface area contributed by atoms with E-state index in [-0.39, 0.29) is 31.3 Å². The predicted molar refractivity (Wildman–Crippen MR) is 88.2 cm³/mol. The van der Waals surface area contributed by atoms with Crippen LogP contribution in [0.4, 0.5) is 0 Å². The van der Waals surface area contributed by atoms with Gasteiger partial charge in [-0.1, -0.05) is 30.7 Å². The fraction of sp³-hybridized carbons (Fsp3) is 0.471. The molecule has 0 fully saturated rings. The number of esters is 1. The van der Waals surface area contributed by atoms with Gasteiger partial charge in [-0.25, -0.2) is 0 Å². The van der Waals surface area contributed by atoms with Crippen LogP contribution in [0.25, 0.3) is 0 Å². The first-order valence-corrected chi connectivity index (χ1v) is 7.97. The van der Waals surface area contributed by atoms with Crippen LogP contribution in [0.1, 0.15) is 32.3 Å². The molecule has 1 atom stereocenters. The molecule has 5 nitrogen and oxygen atoms in total. The Morgan fingerprint density at radius 1 is 1.22 bits per heavy atom. The average Bonchev–Trinajstić information content (AvgIpc) is 2.47. The normalized spacial score (nSPS) is 11.6. The summed E-state index contributed by atoms with van der Waals surface area (Å²) in [6.45, 7) is 3.81. The number of rotatable bonds is 9. The molecule has 0 aliphatic rings. The van der Waals surface area contributed by atoms with Crippen molar-refractivity contribution in [3.8, 4) is 0 Å². The number of Topliss-reactive ketones (excluding diaryl/α,β-unsaturated/α-hetero) is 1. The van der Waals surface area contributed by atoms with Gasteiger partial charge < -0.3 is 10.1 Å². The van der Waals surface area contributed by atoms with Crippen molar-refractivity contribution in [2.75, 3.05) is 13.2 Å². The molecule has 0 aromatic heterocycles. The Labute approximate surface area is 141 Å². The lowest BCUT2D eigenvalue weighted by molar-refractivity contribution is -0.146. The Bertz CT molecular complexity index is 542. The van der Waals surface area contributed by atoms with Gasteiger partial charge in [-0.05, 0) is 37.0 Å². The molecule has 0 radical (unpaired) electrons. The summed E-state index contributed by atoms with van der Waals surface area (Å²) in [7, 11) is 0. The van der Waals surface area contributed by atoms with Gasteiger partial charge >= 0.3 is 5.97 Å². The van der Waals surface area contributed by atoms with Gasteiger partial charge in [-0.3, -0.25) is 14.4 Å². The number of carbonyl (C=O) groups is 3. The first kappa shape index (κ1) is 19.2. The molecule has 0 spiro atoms. The zero-order valence-electron chi connectivity index (χ0n) is 13.4. The Hall–Kier alpha value is -1.88. The van der Waals surface area contributed by atoms with E-state index in [2.05, 4.69) is 10.1 Å². The van der Waals surface area contributed by atoms with Crippen LogP contribution < -0.4 is 5.32 Å². The third-order valence-corrected chi connectivity index (χ3v) is 3.42. The molecular weight excluding hydrogens is 318 g/mol. The summed E-state index contributed by atoms with van der Waals surface area (Å²) in [6, 6.07) is 7.51. The van der Waals surface area contributed by atoms with E-state index in [1.54, 1.807) is 6.92 Å². The van der Waals surface area contributed by atoms with Crippen molar-refractivity contribution in [3.63, 3.8) is 0 Å². The van der Waals surface area contributed by atoms with Crippen LogP contribution in [0.2, 0.25) is 5.02 Å². The zero-order chi connectivity index (χ0) is 17.2. The minimum atomic E-state index is -0.589. The summed E-state index contributed by atoms with van der Waals surface area (Å²) in [6.07, 6.45) is 0.767. The highest BCUT2D eigenvalue weighted by Gasteiger charge is 2.13. The van der Waals surface area contributed by atoms with Gasteiger partial charge in [0.15, 0.2) is 5.78 Å². The van der Waals surface area contributed by atoms with Gasteiger partial charge in [0.2, 0.25) is 5.91 Å². The molecule has 1 aromatic rings. The van der Waals surface area contributed by atoms with Crippen molar-refractivity contribution in [1.82, 2.24) is 5.32 Å².